The van der Waals surface area contributed by atoms with E-state index in [2.05, 4.69) is 48.5 Å². The van der Waals surface area contributed by atoms with Crippen molar-refractivity contribution in [2.24, 2.45) is 5.92 Å². The highest BCUT2D eigenvalue weighted by atomic mass is 32.1. The molecule has 1 amide bonds. The number of carbonyl (C=O) groups is 1. The van der Waals surface area contributed by atoms with Gasteiger partial charge in [-0.1, -0.05) is 36.8 Å². The first kappa shape index (κ1) is 15.2. The van der Waals surface area contributed by atoms with Crippen molar-refractivity contribution >= 4 is 17.2 Å². The zero-order chi connectivity index (χ0) is 15.7. The van der Waals surface area contributed by atoms with E-state index >= 15 is 0 Å². The molecule has 1 aromatic carbocycles. The third kappa shape index (κ3) is 3.22. The molecule has 1 aliphatic rings. The van der Waals surface area contributed by atoms with Crippen molar-refractivity contribution in [1.29, 1.82) is 0 Å². The average Bonchev–Trinajstić information content (AvgIpc) is 3.19. The van der Waals surface area contributed by atoms with Crippen molar-refractivity contribution in [2.45, 2.75) is 39.2 Å². The normalized spacial score (nSPS) is 20.0. The Morgan fingerprint density at radius 2 is 2.27 bits per heavy atom. The van der Waals surface area contributed by atoms with Crippen molar-refractivity contribution in [3.8, 4) is 0 Å². The zero-order valence-electron chi connectivity index (χ0n) is 13.4. The summed E-state index contributed by atoms with van der Waals surface area (Å²) in [6, 6.07) is 8.52. The van der Waals surface area contributed by atoms with Crippen molar-refractivity contribution in [1.82, 2.24) is 9.88 Å². The lowest BCUT2D eigenvalue weighted by molar-refractivity contribution is -0.131. The predicted molar refractivity (Wildman–Crippen MR) is 90.0 cm³/mol. The molecule has 0 radical (unpaired) electrons. The number of hydrogen-bond acceptors (Lipinski definition) is 3. The molecule has 1 saturated carbocycles. The molecule has 1 fully saturated rings. The van der Waals surface area contributed by atoms with Gasteiger partial charge >= 0.3 is 0 Å². The SMILES string of the molecule is CCc1nc(CN(C)C(=O)[C@@H]2C[C@@H]2c2cccc(C)c2)cs1. The first-order valence-corrected chi connectivity index (χ1v) is 8.71. The third-order valence-electron chi connectivity index (χ3n) is 4.26. The summed E-state index contributed by atoms with van der Waals surface area (Å²) >= 11 is 1.68. The standard InChI is InChI=1S/C18H22N2OS/c1-4-17-19-14(11-22-17)10-20(3)18(21)16-9-15(16)13-7-5-6-12(2)8-13/h5-8,11,15-16H,4,9-10H2,1-3H3/t15-,16-/m1/s1. The highest BCUT2D eigenvalue weighted by Crippen LogP contribution is 2.48. The Kier molecular flexibility index (Phi) is 4.30. The maximum atomic E-state index is 12.6. The quantitative estimate of drug-likeness (QED) is 0.841. The summed E-state index contributed by atoms with van der Waals surface area (Å²) in [6.07, 6.45) is 1.93. The van der Waals surface area contributed by atoms with Crippen LogP contribution in [0.1, 0.15) is 41.1 Å². The van der Waals surface area contributed by atoms with Gasteiger partial charge in [0.2, 0.25) is 5.91 Å². The van der Waals surface area contributed by atoms with Crippen LogP contribution in [0.4, 0.5) is 0 Å². The van der Waals surface area contributed by atoms with Gasteiger partial charge < -0.3 is 4.90 Å². The molecule has 0 aliphatic heterocycles. The van der Waals surface area contributed by atoms with Gasteiger partial charge in [-0.2, -0.15) is 0 Å². The number of thiazole rings is 1. The molecular formula is C18H22N2OS. The van der Waals surface area contributed by atoms with Gasteiger partial charge in [-0.3, -0.25) is 4.79 Å². The van der Waals surface area contributed by atoms with Crippen molar-refractivity contribution in [2.75, 3.05) is 7.05 Å². The second-order valence-electron chi connectivity index (χ2n) is 6.14. The summed E-state index contributed by atoms with van der Waals surface area (Å²) in [7, 11) is 1.89. The molecule has 4 heteroatoms. The molecule has 0 N–H and O–H groups in total. The number of nitrogens with zero attached hydrogens (tertiary/aromatic N) is 2. The summed E-state index contributed by atoms with van der Waals surface area (Å²) < 4.78 is 0. The van der Waals surface area contributed by atoms with E-state index in [0.29, 0.717) is 12.5 Å². The van der Waals surface area contributed by atoms with E-state index in [1.165, 1.54) is 11.1 Å². The molecule has 22 heavy (non-hydrogen) atoms. The number of amides is 1. The van der Waals surface area contributed by atoms with Crippen LogP contribution in [0.25, 0.3) is 0 Å². The van der Waals surface area contributed by atoms with Gasteiger partial charge in [0.15, 0.2) is 0 Å². The van der Waals surface area contributed by atoms with E-state index in [4.69, 9.17) is 0 Å². The van der Waals surface area contributed by atoms with Crippen LogP contribution in [0.5, 0.6) is 0 Å². The minimum atomic E-state index is 0.149. The van der Waals surface area contributed by atoms with Gasteiger partial charge in [-0.15, -0.1) is 11.3 Å². The van der Waals surface area contributed by atoms with E-state index in [9.17, 15) is 4.79 Å². The minimum absolute atomic E-state index is 0.149. The molecule has 0 saturated heterocycles. The Hall–Kier alpha value is -1.68. The molecule has 116 valence electrons. The lowest BCUT2D eigenvalue weighted by Crippen LogP contribution is -2.28. The number of aromatic nitrogens is 1. The maximum Gasteiger partial charge on any atom is 0.226 e. The number of rotatable bonds is 5. The topological polar surface area (TPSA) is 33.2 Å². The van der Waals surface area contributed by atoms with Crippen LogP contribution in [-0.2, 0) is 17.8 Å². The molecule has 1 aliphatic carbocycles. The summed E-state index contributed by atoms with van der Waals surface area (Å²) in [5, 5.41) is 3.20. The monoisotopic (exact) mass is 314 g/mol. The van der Waals surface area contributed by atoms with E-state index in [0.717, 1.165) is 23.5 Å². The third-order valence-corrected chi connectivity index (χ3v) is 5.30. The van der Waals surface area contributed by atoms with E-state index < -0.39 is 0 Å². The lowest BCUT2D eigenvalue weighted by atomic mass is 10.1. The fourth-order valence-electron chi connectivity index (χ4n) is 2.92. The lowest BCUT2D eigenvalue weighted by Gasteiger charge is -2.16. The van der Waals surface area contributed by atoms with Gasteiger partial charge in [0, 0.05) is 18.3 Å². The summed E-state index contributed by atoms with van der Waals surface area (Å²) in [4.78, 5) is 18.9. The Balaban J connectivity index is 1.60. The molecular weight excluding hydrogens is 292 g/mol. The summed E-state index contributed by atoms with van der Waals surface area (Å²) in [6.45, 7) is 4.82. The van der Waals surface area contributed by atoms with E-state index in [-0.39, 0.29) is 11.8 Å². The smallest absolute Gasteiger partial charge is 0.226 e. The largest absolute Gasteiger partial charge is 0.340 e. The van der Waals surface area contributed by atoms with Crippen molar-refractivity contribution in [3.05, 3.63) is 51.5 Å². The van der Waals surface area contributed by atoms with Crippen LogP contribution in [-0.4, -0.2) is 22.8 Å². The predicted octanol–water partition coefficient (Wildman–Crippen LogP) is 3.78. The summed E-state index contributed by atoms with van der Waals surface area (Å²) in [5.74, 6) is 0.796. The van der Waals surface area contributed by atoms with Crippen LogP contribution >= 0.6 is 11.3 Å². The molecule has 0 unspecified atom stereocenters. The minimum Gasteiger partial charge on any atom is -0.340 e. The van der Waals surface area contributed by atoms with Gasteiger partial charge in [0.05, 0.1) is 17.2 Å². The Bertz CT molecular complexity index is 679. The highest BCUT2D eigenvalue weighted by Gasteiger charge is 2.45. The van der Waals surface area contributed by atoms with Crippen LogP contribution in [0.2, 0.25) is 0 Å². The second kappa shape index (κ2) is 6.21. The first-order chi connectivity index (χ1) is 10.6. The van der Waals surface area contributed by atoms with Gasteiger partial charge in [-0.25, -0.2) is 4.98 Å². The highest BCUT2D eigenvalue weighted by molar-refractivity contribution is 7.09. The molecule has 3 nitrogen and oxygen atoms in total. The Labute approximate surface area is 136 Å². The van der Waals surface area contributed by atoms with E-state index in [1.807, 2.05) is 11.9 Å². The molecule has 1 aromatic heterocycles. The summed E-state index contributed by atoms with van der Waals surface area (Å²) in [5.41, 5.74) is 3.57. The Morgan fingerprint density at radius 1 is 1.45 bits per heavy atom. The van der Waals surface area contributed by atoms with Crippen molar-refractivity contribution < 1.29 is 4.79 Å². The zero-order valence-corrected chi connectivity index (χ0v) is 14.2. The van der Waals surface area contributed by atoms with Gasteiger partial charge in [0.25, 0.3) is 0 Å². The van der Waals surface area contributed by atoms with Gasteiger partial charge in [0.1, 0.15) is 0 Å². The molecule has 2 atom stereocenters. The Morgan fingerprint density at radius 3 is 2.95 bits per heavy atom. The average molecular weight is 314 g/mol. The number of benzene rings is 1. The van der Waals surface area contributed by atoms with Crippen LogP contribution in [0.3, 0.4) is 0 Å². The molecule has 0 bridgehead atoms. The van der Waals surface area contributed by atoms with Crippen LogP contribution < -0.4 is 0 Å². The molecule has 1 heterocycles. The molecule has 3 rings (SSSR count). The van der Waals surface area contributed by atoms with Crippen LogP contribution in [0.15, 0.2) is 29.6 Å². The number of hydrogen-bond donors (Lipinski definition) is 0. The number of carbonyl (C=O) groups excluding carboxylic acids is 1. The number of aryl methyl sites for hydroxylation is 2. The van der Waals surface area contributed by atoms with Crippen LogP contribution in [0, 0.1) is 12.8 Å². The van der Waals surface area contributed by atoms with Crippen molar-refractivity contribution in [3.63, 3.8) is 0 Å². The fourth-order valence-corrected chi connectivity index (χ4v) is 3.66. The second-order valence-corrected chi connectivity index (χ2v) is 7.09. The van der Waals surface area contributed by atoms with Gasteiger partial charge in [-0.05, 0) is 31.2 Å². The maximum absolute atomic E-state index is 12.6. The fraction of sp³-hybridized carbons (Fsp3) is 0.444. The first-order valence-electron chi connectivity index (χ1n) is 7.83. The molecule has 0 spiro atoms. The van der Waals surface area contributed by atoms with E-state index in [1.54, 1.807) is 11.3 Å². The molecule has 2 aromatic rings.